The Morgan fingerprint density at radius 2 is 1.65 bits per heavy atom. The van der Waals surface area contributed by atoms with Crippen molar-refractivity contribution < 1.29 is 22.3 Å². The molecule has 0 aliphatic heterocycles. The highest BCUT2D eigenvalue weighted by molar-refractivity contribution is 7.92. The van der Waals surface area contributed by atoms with Gasteiger partial charge in [0.05, 0.1) is 17.2 Å². The lowest BCUT2D eigenvalue weighted by atomic mass is 10.2. The van der Waals surface area contributed by atoms with E-state index in [2.05, 4.69) is 4.72 Å². The predicted molar refractivity (Wildman–Crippen MR) is 69.5 cm³/mol. The van der Waals surface area contributed by atoms with Gasteiger partial charge in [0.25, 0.3) is 10.0 Å². The summed E-state index contributed by atoms with van der Waals surface area (Å²) in [5.74, 6) is -1.97. The first kappa shape index (κ1) is 14.4. The van der Waals surface area contributed by atoms with E-state index >= 15 is 0 Å². The van der Waals surface area contributed by atoms with Gasteiger partial charge in [-0.05, 0) is 18.2 Å². The van der Waals surface area contributed by atoms with E-state index in [0.717, 1.165) is 0 Å². The Balaban J connectivity index is 2.41. The van der Waals surface area contributed by atoms with Gasteiger partial charge in [0.2, 0.25) is 0 Å². The quantitative estimate of drug-likeness (QED) is 0.910. The molecule has 0 unspecified atom stereocenters. The van der Waals surface area contributed by atoms with Gasteiger partial charge in [-0.25, -0.2) is 17.2 Å². The van der Waals surface area contributed by atoms with Gasteiger partial charge in [-0.1, -0.05) is 18.2 Å². The maximum absolute atomic E-state index is 13.1. The van der Waals surface area contributed by atoms with E-state index in [1.165, 1.54) is 12.1 Å². The summed E-state index contributed by atoms with van der Waals surface area (Å²) in [4.78, 5) is -0.525. The molecule has 0 aromatic heterocycles. The van der Waals surface area contributed by atoms with Crippen LogP contribution in [-0.2, 0) is 16.6 Å². The zero-order chi connectivity index (χ0) is 14.8. The minimum Gasteiger partial charge on any atom is -0.392 e. The number of halogens is 2. The molecule has 4 nitrogen and oxygen atoms in total. The molecule has 20 heavy (non-hydrogen) atoms. The fourth-order valence-electron chi connectivity index (χ4n) is 1.65. The summed E-state index contributed by atoms with van der Waals surface area (Å²) >= 11 is 0. The van der Waals surface area contributed by atoms with Crippen molar-refractivity contribution in [3.05, 3.63) is 59.7 Å². The lowest BCUT2D eigenvalue weighted by molar-refractivity contribution is 0.282. The molecule has 0 aliphatic rings. The average molecular weight is 299 g/mol. The smallest absolute Gasteiger partial charge is 0.262 e. The Morgan fingerprint density at radius 3 is 2.25 bits per heavy atom. The van der Waals surface area contributed by atoms with E-state index in [1.807, 2.05) is 0 Å². The maximum atomic E-state index is 13.1. The van der Waals surface area contributed by atoms with Crippen molar-refractivity contribution in [3.63, 3.8) is 0 Å². The van der Waals surface area contributed by atoms with Crippen LogP contribution in [0.4, 0.5) is 14.5 Å². The summed E-state index contributed by atoms with van der Waals surface area (Å²) in [5.41, 5.74) is 0.507. The van der Waals surface area contributed by atoms with Crippen LogP contribution in [0.25, 0.3) is 0 Å². The Hall–Kier alpha value is -1.99. The third-order valence-corrected chi connectivity index (χ3v) is 3.92. The molecule has 0 atom stereocenters. The molecule has 0 saturated heterocycles. The van der Waals surface area contributed by atoms with Gasteiger partial charge in [0.15, 0.2) is 0 Å². The summed E-state index contributed by atoms with van der Waals surface area (Å²) in [6, 6.07) is 8.19. The largest absolute Gasteiger partial charge is 0.392 e. The zero-order valence-corrected chi connectivity index (χ0v) is 11.0. The van der Waals surface area contributed by atoms with Crippen LogP contribution in [0.2, 0.25) is 0 Å². The second kappa shape index (κ2) is 5.56. The van der Waals surface area contributed by atoms with E-state index in [1.54, 1.807) is 12.1 Å². The number of hydrogen-bond acceptors (Lipinski definition) is 3. The van der Waals surface area contributed by atoms with Crippen LogP contribution in [0.1, 0.15) is 5.56 Å². The van der Waals surface area contributed by atoms with Crippen molar-refractivity contribution in [2.24, 2.45) is 0 Å². The van der Waals surface area contributed by atoms with Crippen molar-refractivity contribution in [1.29, 1.82) is 0 Å². The van der Waals surface area contributed by atoms with Crippen molar-refractivity contribution in [3.8, 4) is 0 Å². The number of rotatable bonds is 4. The highest BCUT2D eigenvalue weighted by atomic mass is 32.2. The molecule has 0 spiro atoms. The van der Waals surface area contributed by atoms with Crippen LogP contribution < -0.4 is 4.72 Å². The van der Waals surface area contributed by atoms with Gasteiger partial charge in [0.1, 0.15) is 11.6 Å². The first-order chi connectivity index (χ1) is 9.42. The number of aliphatic hydroxyl groups excluding tert-OH is 1. The zero-order valence-electron chi connectivity index (χ0n) is 10.2. The van der Waals surface area contributed by atoms with Crippen LogP contribution in [0.5, 0.6) is 0 Å². The standard InChI is InChI=1S/C13H11F2NO3S/c14-10-5-11(15)7-12(6-10)20(18,19)16-13-4-2-1-3-9(13)8-17/h1-7,16-17H,8H2. The molecule has 2 rings (SSSR count). The molecular weight excluding hydrogens is 288 g/mol. The van der Waals surface area contributed by atoms with Crippen LogP contribution >= 0.6 is 0 Å². The molecule has 2 aromatic carbocycles. The maximum Gasteiger partial charge on any atom is 0.262 e. The van der Waals surface area contributed by atoms with Gasteiger partial charge >= 0.3 is 0 Å². The van der Waals surface area contributed by atoms with Gasteiger partial charge in [-0.2, -0.15) is 0 Å². The molecule has 0 saturated carbocycles. The van der Waals surface area contributed by atoms with Gasteiger partial charge in [0, 0.05) is 11.6 Å². The molecule has 0 radical (unpaired) electrons. The molecule has 2 aromatic rings. The number of aliphatic hydroxyl groups is 1. The average Bonchev–Trinajstić information content (AvgIpc) is 2.38. The van der Waals surface area contributed by atoms with E-state index in [0.29, 0.717) is 23.8 Å². The summed E-state index contributed by atoms with van der Waals surface area (Å²) < 4.78 is 52.4. The number of para-hydroxylation sites is 1. The highest BCUT2D eigenvalue weighted by Gasteiger charge is 2.17. The Labute approximate surface area is 114 Å². The van der Waals surface area contributed by atoms with Crippen molar-refractivity contribution in [2.75, 3.05) is 4.72 Å². The molecule has 2 N–H and O–H groups in total. The van der Waals surface area contributed by atoms with E-state index in [-0.39, 0.29) is 12.3 Å². The SMILES string of the molecule is O=S(=O)(Nc1ccccc1CO)c1cc(F)cc(F)c1. The minimum atomic E-state index is -4.13. The molecule has 0 aliphatic carbocycles. The number of anilines is 1. The molecular formula is C13H11F2NO3S. The molecule has 7 heteroatoms. The minimum absolute atomic E-state index is 0.152. The van der Waals surface area contributed by atoms with Gasteiger partial charge in [-0.15, -0.1) is 0 Å². The Bertz CT molecular complexity index is 712. The fraction of sp³-hybridized carbons (Fsp3) is 0.0769. The Kier molecular flexibility index (Phi) is 4.01. The number of nitrogens with one attached hydrogen (secondary N) is 1. The Morgan fingerprint density at radius 1 is 1.05 bits per heavy atom. The van der Waals surface area contributed by atoms with Gasteiger partial charge in [-0.3, -0.25) is 4.72 Å². The summed E-state index contributed by atoms with van der Waals surface area (Å²) in [6.45, 7) is -0.365. The first-order valence-corrected chi connectivity index (χ1v) is 7.08. The van der Waals surface area contributed by atoms with Crippen LogP contribution in [0.15, 0.2) is 47.4 Å². The van der Waals surface area contributed by atoms with Crippen molar-refractivity contribution >= 4 is 15.7 Å². The van der Waals surface area contributed by atoms with Crippen LogP contribution in [0, 0.1) is 11.6 Å². The highest BCUT2D eigenvalue weighted by Crippen LogP contribution is 2.21. The lowest BCUT2D eigenvalue weighted by Gasteiger charge is -2.11. The predicted octanol–water partition coefficient (Wildman–Crippen LogP) is 2.26. The second-order valence-corrected chi connectivity index (χ2v) is 5.71. The molecule has 0 fully saturated rings. The van der Waals surface area contributed by atoms with E-state index in [9.17, 15) is 17.2 Å². The monoisotopic (exact) mass is 299 g/mol. The second-order valence-electron chi connectivity index (χ2n) is 4.03. The van der Waals surface area contributed by atoms with E-state index < -0.39 is 26.6 Å². The summed E-state index contributed by atoms with van der Waals surface area (Å²) in [5, 5.41) is 9.12. The third kappa shape index (κ3) is 3.12. The normalized spacial score (nSPS) is 11.3. The lowest BCUT2D eigenvalue weighted by Crippen LogP contribution is -2.14. The van der Waals surface area contributed by atoms with Crippen LogP contribution in [-0.4, -0.2) is 13.5 Å². The van der Waals surface area contributed by atoms with E-state index in [4.69, 9.17) is 5.11 Å². The van der Waals surface area contributed by atoms with Gasteiger partial charge < -0.3 is 5.11 Å². The van der Waals surface area contributed by atoms with Crippen molar-refractivity contribution in [2.45, 2.75) is 11.5 Å². The topological polar surface area (TPSA) is 66.4 Å². The third-order valence-electron chi connectivity index (χ3n) is 2.58. The summed E-state index contributed by atoms with van der Waals surface area (Å²) in [6.07, 6.45) is 0. The first-order valence-electron chi connectivity index (χ1n) is 5.60. The van der Waals surface area contributed by atoms with Crippen LogP contribution in [0.3, 0.4) is 0 Å². The molecule has 106 valence electrons. The van der Waals surface area contributed by atoms with Crippen molar-refractivity contribution in [1.82, 2.24) is 0 Å². The molecule has 0 bridgehead atoms. The number of benzene rings is 2. The number of hydrogen-bond donors (Lipinski definition) is 2. The number of sulfonamides is 1. The summed E-state index contributed by atoms with van der Waals surface area (Å²) in [7, 11) is -4.13. The fourth-order valence-corrected chi connectivity index (χ4v) is 2.79. The molecule has 0 heterocycles. The molecule has 0 amide bonds.